The lowest BCUT2D eigenvalue weighted by Gasteiger charge is -2.09. The molecule has 0 saturated carbocycles. The molecule has 0 aliphatic heterocycles. The zero-order chi connectivity index (χ0) is 19.8. The maximum absolute atomic E-state index is 13.0. The molecule has 0 aliphatic rings. The van der Waals surface area contributed by atoms with Crippen molar-refractivity contribution < 1.29 is 18.7 Å². The lowest BCUT2D eigenvalue weighted by atomic mass is 10.0. The molecule has 0 N–H and O–H groups in total. The first-order chi connectivity index (χ1) is 13.7. The fraction of sp³-hybridized carbons (Fsp3) is 0.130. The Morgan fingerprint density at radius 3 is 1.75 bits per heavy atom. The molecule has 0 unspecified atom stereocenters. The molecular formula is C23H18FNO3. The van der Waals surface area contributed by atoms with Gasteiger partial charge in [-0.1, -0.05) is 12.1 Å². The van der Waals surface area contributed by atoms with E-state index in [2.05, 4.69) is 6.07 Å². The second kappa shape index (κ2) is 9.33. The van der Waals surface area contributed by atoms with Gasteiger partial charge in [-0.25, -0.2) is 4.39 Å². The van der Waals surface area contributed by atoms with E-state index in [1.165, 1.54) is 24.3 Å². The molecule has 0 atom stereocenters. The van der Waals surface area contributed by atoms with Crippen LogP contribution < -0.4 is 9.47 Å². The number of nitrogens with zero attached hydrogens (tertiary/aromatic N) is 1. The largest absolute Gasteiger partial charge is 0.490 e. The van der Waals surface area contributed by atoms with E-state index in [1.807, 2.05) is 24.3 Å². The molecule has 140 valence electrons. The molecule has 0 heterocycles. The van der Waals surface area contributed by atoms with Crippen molar-refractivity contribution in [1.82, 2.24) is 0 Å². The Morgan fingerprint density at radius 2 is 1.25 bits per heavy atom. The molecule has 5 heteroatoms. The third-order valence-electron chi connectivity index (χ3n) is 4.05. The summed E-state index contributed by atoms with van der Waals surface area (Å²) in [4.78, 5) is 12.4. The SMILES string of the molecule is N#CCc1ccc(OCCOc2ccc(C(=O)c3ccc(F)cc3)cc2)cc1. The van der Waals surface area contributed by atoms with Crippen LogP contribution in [0.2, 0.25) is 0 Å². The predicted octanol–water partition coefficient (Wildman–Crippen LogP) is 4.58. The van der Waals surface area contributed by atoms with Crippen molar-refractivity contribution >= 4 is 5.78 Å². The van der Waals surface area contributed by atoms with Gasteiger partial charge in [-0.05, 0) is 66.2 Å². The van der Waals surface area contributed by atoms with Crippen LogP contribution in [-0.4, -0.2) is 19.0 Å². The average Bonchev–Trinajstić information content (AvgIpc) is 2.73. The summed E-state index contributed by atoms with van der Waals surface area (Å²) in [6.07, 6.45) is 0.378. The van der Waals surface area contributed by atoms with Gasteiger partial charge in [0.25, 0.3) is 0 Å². The van der Waals surface area contributed by atoms with Crippen LogP contribution in [0.3, 0.4) is 0 Å². The molecule has 0 aromatic heterocycles. The zero-order valence-electron chi connectivity index (χ0n) is 15.1. The summed E-state index contributed by atoms with van der Waals surface area (Å²) in [5, 5.41) is 8.66. The van der Waals surface area contributed by atoms with E-state index in [-0.39, 0.29) is 11.6 Å². The van der Waals surface area contributed by atoms with Crippen LogP contribution >= 0.6 is 0 Å². The summed E-state index contributed by atoms with van der Waals surface area (Å²) in [5.74, 6) is 0.796. The molecule has 3 aromatic rings. The third kappa shape index (κ3) is 5.18. The van der Waals surface area contributed by atoms with Crippen molar-refractivity contribution in [1.29, 1.82) is 5.26 Å². The number of halogens is 1. The van der Waals surface area contributed by atoms with E-state index in [4.69, 9.17) is 14.7 Å². The van der Waals surface area contributed by atoms with Crippen molar-refractivity contribution in [2.45, 2.75) is 6.42 Å². The Bertz CT molecular complexity index is 959. The minimum Gasteiger partial charge on any atom is -0.490 e. The fourth-order valence-corrected chi connectivity index (χ4v) is 2.58. The van der Waals surface area contributed by atoms with Crippen molar-refractivity contribution in [3.05, 3.63) is 95.3 Å². The molecule has 0 saturated heterocycles. The first kappa shape index (κ1) is 19.1. The van der Waals surface area contributed by atoms with E-state index >= 15 is 0 Å². The van der Waals surface area contributed by atoms with Gasteiger partial charge in [-0.2, -0.15) is 5.26 Å². The van der Waals surface area contributed by atoms with Crippen molar-refractivity contribution in [3.8, 4) is 17.6 Å². The highest BCUT2D eigenvalue weighted by Gasteiger charge is 2.09. The number of rotatable bonds is 8. The number of ether oxygens (including phenoxy) is 2. The maximum atomic E-state index is 13.0. The van der Waals surface area contributed by atoms with Gasteiger partial charge in [0.05, 0.1) is 12.5 Å². The van der Waals surface area contributed by atoms with Crippen LogP contribution in [0.1, 0.15) is 21.5 Å². The van der Waals surface area contributed by atoms with Crippen LogP contribution in [-0.2, 0) is 6.42 Å². The van der Waals surface area contributed by atoms with E-state index < -0.39 is 0 Å². The molecule has 0 radical (unpaired) electrons. The van der Waals surface area contributed by atoms with E-state index in [1.54, 1.807) is 24.3 Å². The van der Waals surface area contributed by atoms with Gasteiger partial charge in [-0.15, -0.1) is 0 Å². The Hall–Kier alpha value is -3.65. The summed E-state index contributed by atoms with van der Waals surface area (Å²) < 4.78 is 24.2. The van der Waals surface area contributed by atoms with Crippen molar-refractivity contribution in [3.63, 3.8) is 0 Å². The minimum atomic E-state index is -0.374. The number of ketones is 1. The fourth-order valence-electron chi connectivity index (χ4n) is 2.58. The predicted molar refractivity (Wildman–Crippen MR) is 103 cm³/mol. The second-order valence-electron chi connectivity index (χ2n) is 6.04. The van der Waals surface area contributed by atoms with Crippen molar-refractivity contribution in [2.75, 3.05) is 13.2 Å². The highest BCUT2D eigenvalue weighted by molar-refractivity contribution is 6.08. The lowest BCUT2D eigenvalue weighted by Crippen LogP contribution is -2.09. The van der Waals surface area contributed by atoms with Crippen LogP contribution in [0.15, 0.2) is 72.8 Å². The monoisotopic (exact) mass is 375 g/mol. The van der Waals surface area contributed by atoms with Gasteiger partial charge in [0.2, 0.25) is 0 Å². The van der Waals surface area contributed by atoms with Gasteiger partial charge >= 0.3 is 0 Å². The number of hydrogen-bond donors (Lipinski definition) is 0. The highest BCUT2D eigenvalue weighted by Crippen LogP contribution is 2.16. The summed E-state index contributed by atoms with van der Waals surface area (Å²) in [5.41, 5.74) is 1.89. The first-order valence-corrected chi connectivity index (χ1v) is 8.77. The van der Waals surface area contributed by atoms with Crippen LogP contribution in [0.5, 0.6) is 11.5 Å². The number of carbonyl (C=O) groups excluding carboxylic acids is 1. The third-order valence-corrected chi connectivity index (χ3v) is 4.05. The number of carbonyl (C=O) groups is 1. The molecule has 0 amide bonds. The van der Waals surface area contributed by atoms with Gasteiger partial charge in [0.15, 0.2) is 5.78 Å². The van der Waals surface area contributed by atoms with Crippen molar-refractivity contribution in [2.24, 2.45) is 0 Å². The van der Waals surface area contributed by atoms with Gasteiger partial charge in [-0.3, -0.25) is 4.79 Å². The Balaban J connectivity index is 1.47. The topological polar surface area (TPSA) is 59.3 Å². The molecular weight excluding hydrogens is 357 g/mol. The summed E-state index contributed by atoms with van der Waals surface area (Å²) in [6, 6.07) is 21.7. The number of hydrogen-bond acceptors (Lipinski definition) is 4. The standard InChI is InChI=1S/C23H18FNO3/c24-20-7-3-18(4-8-20)23(26)19-5-11-22(12-6-19)28-16-15-27-21-9-1-17(2-10-21)13-14-25/h1-12H,13,15-16H2. The lowest BCUT2D eigenvalue weighted by molar-refractivity contribution is 0.103. The molecule has 0 fully saturated rings. The Kier molecular flexibility index (Phi) is 6.37. The number of nitriles is 1. The molecule has 0 aliphatic carbocycles. The summed E-state index contributed by atoms with van der Waals surface area (Å²) >= 11 is 0. The van der Waals surface area contributed by atoms with Crippen LogP contribution in [0.25, 0.3) is 0 Å². The molecule has 3 rings (SSSR count). The molecule has 4 nitrogen and oxygen atoms in total. The second-order valence-corrected chi connectivity index (χ2v) is 6.04. The Labute approximate surface area is 162 Å². The Morgan fingerprint density at radius 1 is 0.786 bits per heavy atom. The summed E-state index contributed by atoms with van der Waals surface area (Å²) in [6.45, 7) is 0.721. The average molecular weight is 375 g/mol. The normalized spacial score (nSPS) is 10.1. The van der Waals surface area contributed by atoms with Crippen LogP contribution in [0, 0.1) is 17.1 Å². The molecule has 0 bridgehead atoms. The first-order valence-electron chi connectivity index (χ1n) is 8.77. The molecule has 0 spiro atoms. The summed E-state index contributed by atoms with van der Waals surface area (Å²) in [7, 11) is 0. The van der Waals surface area contributed by atoms with E-state index in [0.717, 1.165) is 5.56 Å². The van der Waals surface area contributed by atoms with E-state index in [0.29, 0.717) is 42.3 Å². The number of benzene rings is 3. The van der Waals surface area contributed by atoms with Gasteiger partial charge in [0, 0.05) is 11.1 Å². The molecule has 28 heavy (non-hydrogen) atoms. The maximum Gasteiger partial charge on any atom is 0.193 e. The van der Waals surface area contributed by atoms with E-state index in [9.17, 15) is 9.18 Å². The minimum absolute atomic E-state index is 0.172. The van der Waals surface area contributed by atoms with Gasteiger partial charge in [0.1, 0.15) is 30.5 Å². The zero-order valence-corrected chi connectivity index (χ0v) is 15.1. The quantitative estimate of drug-likeness (QED) is 0.427. The smallest absolute Gasteiger partial charge is 0.193 e. The van der Waals surface area contributed by atoms with Gasteiger partial charge < -0.3 is 9.47 Å². The molecule has 3 aromatic carbocycles. The highest BCUT2D eigenvalue weighted by atomic mass is 19.1. The van der Waals surface area contributed by atoms with Crippen LogP contribution in [0.4, 0.5) is 4.39 Å².